The van der Waals surface area contributed by atoms with Crippen molar-refractivity contribution in [3.8, 4) is 0 Å². The molecule has 1 aromatic rings. The Labute approximate surface area is 83.1 Å². The van der Waals surface area contributed by atoms with E-state index >= 15 is 0 Å². The Kier molecular flexibility index (Phi) is 3.22. The molecule has 14 heavy (non-hydrogen) atoms. The van der Waals surface area contributed by atoms with E-state index in [-0.39, 0.29) is 0 Å². The van der Waals surface area contributed by atoms with E-state index in [1.807, 2.05) is 7.05 Å². The van der Waals surface area contributed by atoms with E-state index in [0.29, 0.717) is 17.8 Å². The van der Waals surface area contributed by atoms with Gasteiger partial charge in [0.2, 0.25) is 17.8 Å². The fourth-order valence-electron chi connectivity index (χ4n) is 0.828. The highest BCUT2D eigenvalue weighted by molar-refractivity contribution is 5.44. The molecule has 0 aliphatic carbocycles. The number of hydrogen-bond acceptors (Lipinski definition) is 6. The molecule has 6 heteroatoms. The molecule has 0 unspecified atom stereocenters. The summed E-state index contributed by atoms with van der Waals surface area (Å²) in [6, 6.07) is 0. The van der Waals surface area contributed by atoms with Crippen molar-refractivity contribution in [2.75, 3.05) is 36.7 Å². The number of hydrogen-bond donors (Lipinski definition) is 2. The second-order valence-electron chi connectivity index (χ2n) is 2.58. The maximum atomic E-state index is 4.15. The van der Waals surface area contributed by atoms with Crippen LogP contribution in [-0.2, 0) is 0 Å². The second kappa shape index (κ2) is 4.40. The van der Waals surface area contributed by atoms with Gasteiger partial charge in [0.15, 0.2) is 0 Å². The molecule has 0 saturated carbocycles. The monoisotopic (exact) mass is 194 g/mol. The highest BCUT2D eigenvalue weighted by Crippen LogP contribution is 2.11. The van der Waals surface area contributed by atoms with Gasteiger partial charge in [-0.1, -0.05) is 6.58 Å². The summed E-state index contributed by atoms with van der Waals surface area (Å²) in [5.74, 6) is 1.59. The van der Waals surface area contributed by atoms with E-state index in [4.69, 9.17) is 0 Å². The second-order valence-corrected chi connectivity index (χ2v) is 2.58. The van der Waals surface area contributed by atoms with Crippen LogP contribution in [0, 0.1) is 0 Å². The lowest BCUT2D eigenvalue weighted by Crippen LogP contribution is -2.14. The summed E-state index contributed by atoms with van der Waals surface area (Å²) in [5.41, 5.74) is 0. The zero-order valence-corrected chi connectivity index (χ0v) is 8.57. The molecule has 0 atom stereocenters. The molecular formula is C8H14N6. The van der Waals surface area contributed by atoms with Crippen molar-refractivity contribution in [3.63, 3.8) is 0 Å². The van der Waals surface area contributed by atoms with Crippen LogP contribution in [0.1, 0.15) is 0 Å². The van der Waals surface area contributed by atoms with Crippen LogP contribution in [0.25, 0.3) is 0 Å². The van der Waals surface area contributed by atoms with Gasteiger partial charge in [-0.25, -0.2) is 0 Å². The number of anilines is 3. The first-order valence-corrected chi connectivity index (χ1v) is 4.18. The molecule has 2 N–H and O–H groups in total. The molecule has 76 valence electrons. The Morgan fingerprint density at radius 2 is 1.64 bits per heavy atom. The van der Waals surface area contributed by atoms with Crippen LogP contribution >= 0.6 is 0 Å². The smallest absolute Gasteiger partial charge is 0.235 e. The fourth-order valence-corrected chi connectivity index (χ4v) is 0.828. The number of aromatic nitrogens is 3. The fraction of sp³-hybridized carbons (Fsp3) is 0.375. The van der Waals surface area contributed by atoms with Gasteiger partial charge in [-0.15, -0.1) is 0 Å². The average Bonchev–Trinajstić information content (AvgIpc) is 2.27. The zero-order valence-electron chi connectivity index (χ0n) is 8.57. The lowest BCUT2D eigenvalue weighted by molar-refractivity contribution is 0.986. The molecule has 6 nitrogen and oxygen atoms in total. The third-order valence-corrected chi connectivity index (χ3v) is 1.66. The minimum atomic E-state index is 0.521. The summed E-state index contributed by atoms with van der Waals surface area (Å²) in [5, 5.41) is 5.72. The SMILES string of the molecule is C=CN(C)c1nc(NC)nc(NC)n1. The molecule has 0 aliphatic heterocycles. The quantitative estimate of drug-likeness (QED) is 0.729. The normalized spacial score (nSPS) is 9.36. The van der Waals surface area contributed by atoms with Crippen molar-refractivity contribution in [1.29, 1.82) is 0 Å². The maximum Gasteiger partial charge on any atom is 0.235 e. The molecule has 0 saturated heterocycles. The van der Waals surface area contributed by atoms with Crippen LogP contribution in [0.3, 0.4) is 0 Å². The van der Waals surface area contributed by atoms with Crippen molar-refractivity contribution in [1.82, 2.24) is 15.0 Å². The van der Waals surface area contributed by atoms with Crippen molar-refractivity contribution < 1.29 is 0 Å². The number of rotatable bonds is 4. The molecule has 0 aliphatic rings. The first-order chi connectivity index (χ1) is 6.71. The molecule has 0 fully saturated rings. The minimum absolute atomic E-state index is 0.521. The van der Waals surface area contributed by atoms with Gasteiger partial charge in [0, 0.05) is 21.1 Å². The van der Waals surface area contributed by atoms with E-state index in [0.717, 1.165) is 0 Å². The first kappa shape index (κ1) is 10.2. The summed E-state index contributed by atoms with van der Waals surface area (Å²) in [4.78, 5) is 14.1. The summed E-state index contributed by atoms with van der Waals surface area (Å²) in [7, 11) is 5.33. The molecule has 0 spiro atoms. The van der Waals surface area contributed by atoms with Gasteiger partial charge >= 0.3 is 0 Å². The van der Waals surface area contributed by atoms with Crippen LogP contribution in [0.4, 0.5) is 17.8 Å². The molecule has 1 heterocycles. The van der Waals surface area contributed by atoms with Crippen molar-refractivity contribution in [2.24, 2.45) is 0 Å². The van der Waals surface area contributed by atoms with Crippen LogP contribution in [0.15, 0.2) is 12.8 Å². The molecule has 0 radical (unpaired) electrons. The van der Waals surface area contributed by atoms with Gasteiger partial charge in [0.1, 0.15) is 0 Å². The van der Waals surface area contributed by atoms with Gasteiger partial charge in [0.25, 0.3) is 0 Å². The van der Waals surface area contributed by atoms with Gasteiger partial charge in [-0.3, -0.25) is 0 Å². The maximum absolute atomic E-state index is 4.15. The summed E-state index contributed by atoms with van der Waals surface area (Å²) >= 11 is 0. The number of nitrogens with one attached hydrogen (secondary N) is 2. The van der Waals surface area contributed by atoms with Crippen molar-refractivity contribution in [3.05, 3.63) is 12.8 Å². The van der Waals surface area contributed by atoms with Gasteiger partial charge in [-0.2, -0.15) is 15.0 Å². The van der Waals surface area contributed by atoms with Crippen LogP contribution < -0.4 is 15.5 Å². The van der Waals surface area contributed by atoms with E-state index < -0.39 is 0 Å². The lowest BCUT2D eigenvalue weighted by Gasteiger charge is -2.12. The van der Waals surface area contributed by atoms with E-state index in [9.17, 15) is 0 Å². The highest BCUT2D eigenvalue weighted by atomic mass is 15.3. The van der Waals surface area contributed by atoms with Crippen LogP contribution in [-0.4, -0.2) is 36.1 Å². The summed E-state index contributed by atoms with van der Waals surface area (Å²) in [6.45, 7) is 3.63. The number of nitrogens with zero attached hydrogens (tertiary/aromatic N) is 4. The zero-order chi connectivity index (χ0) is 10.6. The average molecular weight is 194 g/mol. The third kappa shape index (κ3) is 2.09. The molecular weight excluding hydrogens is 180 g/mol. The Bertz CT molecular complexity index is 301. The third-order valence-electron chi connectivity index (χ3n) is 1.66. The van der Waals surface area contributed by atoms with Crippen LogP contribution in [0.2, 0.25) is 0 Å². The van der Waals surface area contributed by atoms with Gasteiger partial charge in [-0.05, 0) is 6.20 Å². The predicted molar refractivity (Wildman–Crippen MR) is 57.5 cm³/mol. The largest absolute Gasteiger partial charge is 0.357 e. The van der Waals surface area contributed by atoms with Crippen molar-refractivity contribution in [2.45, 2.75) is 0 Å². The van der Waals surface area contributed by atoms with E-state index in [1.165, 1.54) is 0 Å². The summed E-state index contributed by atoms with van der Waals surface area (Å²) in [6.07, 6.45) is 1.63. The molecule has 1 aromatic heterocycles. The van der Waals surface area contributed by atoms with Crippen LogP contribution in [0.5, 0.6) is 0 Å². The van der Waals surface area contributed by atoms with E-state index in [2.05, 4.69) is 32.2 Å². The standard InChI is InChI=1S/C8H14N6/c1-5-14(4)8-12-6(9-2)11-7(10-3)13-8/h5H,1H2,2-4H3,(H2,9,10,11,12,13). The Balaban J connectivity index is 3.09. The Morgan fingerprint density at radius 3 is 2.00 bits per heavy atom. The summed E-state index contributed by atoms with van der Waals surface area (Å²) < 4.78 is 0. The van der Waals surface area contributed by atoms with Gasteiger partial charge < -0.3 is 15.5 Å². The molecule has 0 amide bonds. The van der Waals surface area contributed by atoms with Gasteiger partial charge in [0.05, 0.1) is 0 Å². The first-order valence-electron chi connectivity index (χ1n) is 4.18. The topological polar surface area (TPSA) is 66.0 Å². The molecule has 0 bridgehead atoms. The minimum Gasteiger partial charge on any atom is -0.357 e. The highest BCUT2D eigenvalue weighted by Gasteiger charge is 2.05. The van der Waals surface area contributed by atoms with E-state index in [1.54, 1.807) is 25.2 Å². The van der Waals surface area contributed by atoms with Crippen molar-refractivity contribution >= 4 is 17.8 Å². The molecule has 1 rings (SSSR count). The Hall–Kier alpha value is -1.85. The lowest BCUT2D eigenvalue weighted by atomic mass is 10.7. The Morgan fingerprint density at radius 1 is 1.14 bits per heavy atom. The molecule has 0 aromatic carbocycles. The predicted octanol–water partition coefficient (Wildman–Crippen LogP) is 0.535.